The standard InChI is InChI=1S/C14H25N3O2/c1-14(7-5-8-16-10-14)13(19)17-9-4-3-6-11(17)12(18)15-2/h11,16H,3-10H2,1-2H3,(H,15,18). The summed E-state index contributed by atoms with van der Waals surface area (Å²) in [6, 6.07) is -0.273. The van der Waals surface area contributed by atoms with Gasteiger partial charge in [0.2, 0.25) is 11.8 Å². The Morgan fingerprint density at radius 2 is 2.11 bits per heavy atom. The van der Waals surface area contributed by atoms with E-state index < -0.39 is 0 Å². The van der Waals surface area contributed by atoms with Crippen LogP contribution >= 0.6 is 0 Å². The molecule has 0 bridgehead atoms. The third-order valence-corrected chi connectivity index (χ3v) is 4.43. The van der Waals surface area contributed by atoms with Crippen molar-refractivity contribution in [3.63, 3.8) is 0 Å². The number of rotatable bonds is 2. The Morgan fingerprint density at radius 1 is 1.32 bits per heavy atom. The van der Waals surface area contributed by atoms with Gasteiger partial charge in [-0.15, -0.1) is 0 Å². The molecular weight excluding hydrogens is 242 g/mol. The van der Waals surface area contributed by atoms with Crippen molar-refractivity contribution in [1.82, 2.24) is 15.5 Å². The molecule has 2 fully saturated rings. The van der Waals surface area contributed by atoms with Gasteiger partial charge in [0.15, 0.2) is 0 Å². The zero-order valence-electron chi connectivity index (χ0n) is 12.0. The van der Waals surface area contributed by atoms with Gasteiger partial charge in [-0.1, -0.05) is 0 Å². The van der Waals surface area contributed by atoms with Gasteiger partial charge in [-0.25, -0.2) is 0 Å². The minimum atomic E-state index is -0.345. The molecule has 0 aromatic carbocycles. The summed E-state index contributed by atoms with van der Waals surface area (Å²) in [7, 11) is 1.64. The zero-order valence-corrected chi connectivity index (χ0v) is 12.0. The Bertz CT molecular complexity index is 351. The normalized spacial score (nSPS) is 31.9. The molecule has 0 radical (unpaired) electrons. The van der Waals surface area contributed by atoms with E-state index in [1.54, 1.807) is 7.05 Å². The summed E-state index contributed by atoms with van der Waals surface area (Å²) in [4.78, 5) is 26.6. The minimum Gasteiger partial charge on any atom is -0.357 e. The number of piperidine rings is 2. The van der Waals surface area contributed by atoms with Crippen molar-refractivity contribution < 1.29 is 9.59 Å². The van der Waals surface area contributed by atoms with Crippen LogP contribution in [-0.2, 0) is 9.59 Å². The fourth-order valence-corrected chi connectivity index (χ4v) is 3.20. The van der Waals surface area contributed by atoms with Crippen molar-refractivity contribution in [2.75, 3.05) is 26.7 Å². The summed E-state index contributed by atoms with van der Waals surface area (Å²) < 4.78 is 0. The van der Waals surface area contributed by atoms with Crippen LogP contribution in [0.1, 0.15) is 39.0 Å². The van der Waals surface area contributed by atoms with E-state index >= 15 is 0 Å². The van der Waals surface area contributed by atoms with Crippen LogP contribution in [0.3, 0.4) is 0 Å². The van der Waals surface area contributed by atoms with Crippen molar-refractivity contribution in [1.29, 1.82) is 0 Å². The maximum atomic E-state index is 12.8. The molecule has 2 heterocycles. The van der Waals surface area contributed by atoms with Crippen LogP contribution < -0.4 is 10.6 Å². The van der Waals surface area contributed by atoms with Crippen LogP contribution in [0.5, 0.6) is 0 Å². The van der Waals surface area contributed by atoms with E-state index in [0.29, 0.717) is 6.54 Å². The Balaban J connectivity index is 2.12. The molecule has 0 aliphatic carbocycles. The third kappa shape index (κ3) is 2.91. The molecule has 2 unspecified atom stereocenters. The van der Waals surface area contributed by atoms with E-state index in [2.05, 4.69) is 10.6 Å². The average Bonchev–Trinajstić information content (AvgIpc) is 2.46. The lowest BCUT2D eigenvalue weighted by Gasteiger charge is -2.42. The first-order valence-corrected chi connectivity index (χ1v) is 7.32. The lowest BCUT2D eigenvalue weighted by molar-refractivity contribution is -0.150. The van der Waals surface area contributed by atoms with Crippen LogP contribution in [-0.4, -0.2) is 49.4 Å². The van der Waals surface area contributed by atoms with Gasteiger partial charge in [0.1, 0.15) is 6.04 Å². The topological polar surface area (TPSA) is 61.4 Å². The van der Waals surface area contributed by atoms with Gasteiger partial charge in [0, 0.05) is 20.1 Å². The lowest BCUT2D eigenvalue weighted by Crippen LogP contribution is -2.57. The minimum absolute atomic E-state index is 0.0274. The monoisotopic (exact) mass is 267 g/mol. The van der Waals surface area contributed by atoms with Gasteiger partial charge in [0.25, 0.3) is 0 Å². The second kappa shape index (κ2) is 5.90. The first-order chi connectivity index (χ1) is 9.08. The lowest BCUT2D eigenvalue weighted by atomic mass is 9.80. The summed E-state index contributed by atoms with van der Waals surface area (Å²) in [6.45, 7) is 4.45. The van der Waals surface area contributed by atoms with Crippen LogP contribution in [0, 0.1) is 5.41 Å². The number of hydrogen-bond acceptors (Lipinski definition) is 3. The molecule has 0 spiro atoms. The van der Waals surface area contributed by atoms with Crippen LogP contribution in [0.15, 0.2) is 0 Å². The number of likely N-dealkylation sites (tertiary alicyclic amines) is 1. The maximum Gasteiger partial charge on any atom is 0.242 e. The van der Waals surface area contributed by atoms with E-state index in [-0.39, 0.29) is 23.3 Å². The van der Waals surface area contributed by atoms with Gasteiger partial charge in [-0.2, -0.15) is 0 Å². The molecule has 0 aromatic heterocycles. The predicted molar refractivity (Wildman–Crippen MR) is 73.6 cm³/mol. The first-order valence-electron chi connectivity index (χ1n) is 7.32. The maximum absolute atomic E-state index is 12.8. The number of nitrogens with zero attached hydrogens (tertiary/aromatic N) is 1. The van der Waals surface area contributed by atoms with E-state index in [4.69, 9.17) is 0 Å². The number of amides is 2. The van der Waals surface area contributed by atoms with Gasteiger partial charge >= 0.3 is 0 Å². The molecule has 19 heavy (non-hydrogen) atoms. The van der Waals surface area contributed by atoms with Crippen LogP contribution in [0.25, 0.3) is 0 Å². The molecule has 2 saturated heterocycles. The number of carbonyl (C=O) groups is 2. The fourth-order valence-electron chi connectivity index (χ4n) is 3.20. The molecule has 2 atom stereocenters. The molecule has 108 valence electrons. The predicted octanol–water partition coefficient (Wildman–Crippen LogP) is 0.503. The summed E-state index contributed by atoms with van der Waals surface area (Å²) in [6.07, 6.45) is 4.75. The van der Waals surface area contributed by atoms with Crippen molar-refractivity contribution >= 4 is 11.8 Å². The van der Waals surface area contributed by atoms with Crippen molar-refractivity contribution in [3.8, 4) is 0 Å². The molecular formula is C14H25N3O2. The van der Waals surface area contributed by atoms with Gasteiger partial charge in [-0.3, -0.25) is 9.59 Å². The summed E-state index contributed by atoms with van der Waals surface area (Å²) >= 11 is 0. The molecule has 5 nitrogen and oxygen atoms in total. The summed E-state index contributed by atoms with van der Waals surface area (Å²) in [5, 5.41) is 5.99. The van der Waals surface area contributed by atoms with Gasteiger partial charge in [-0.05, 0) is 45.6 Å². The van der Waals surface area contributed by atoms with Crippen LogP contribution in [0.4, 0.5) is 0 Å². The van der Waals surface area contributed by atoms with Gasteiger partial charge < -0.3 is 15.5 Å². The second-order valence-electron chi connectivity index (χ2n) is 5.97. The summed E-state index contributed by atoms with van der Waals surface area (Å²) in [5.74, 6) is 0.119. The molecule has 2 amide bonds. The van der Waals surface area contributed by atoms with E-state index in [0.717, 1.165) is 45.2 Å². The molecule has 2 rings (SSSR count). The number of carbonyl (C=O) groups excluding carboxylic acids is 2. The van der Waals surface area contributed by atoms with Crippen molar-refractivity contribution in [2.24, 2.45) is 5.41 Å². The Morgan fingerprint density at radius 3 is 2.74 bits per heavy atom. The van der Waals surface area contributed by atoms with Crippen molar-refractivity contribution in [3.05, 3.63) is 0 Å². The quantitative estimate of drug-likeness (QED) is 0.766. The number of nitrogens with one attached hydrogen (secondary N) is 2. The smallest absolute Gasteiger partial charge is 0.242 e. The largest absolute Gasteiger partial charge is 0.357 e. The first kappa shape index (κ1) is 14.3. The zero-order chi connectivity index (χ0) is 13.9. The van der Waals surface area contributed by atoms with E-state index in [1.165, 1.54) is 0 Å². The molecule has 2 aliphatic heterocycles. The molecule has 0 aromatic rings. The number of hydrogen-bond donors (Lipinski definition) is 2. The molecule has 0 saturated carbocycles. The van der Waals surface area contributed by atoms with Crippen LogP contribution in [0.2, 0.25) is 0 Å². The summed E-state index contributed by atoms with van der Waals surface area (Å²) in [5.41, 5.74) is -0.345. The average molecular weight is 267 g/mol. The molecule has 2 N–H and O–H groups in total. The van der Waals surface area contributed by atoms with Crippen molar-refractivity contribution in [2.45, 2.75) is 45.1 Å². The third-order valence-electron chi connectivity index (χ3n) is 4.43. The Kier molecular flexibility index (Phi) is 4.45. The second-order valence-corrected chi connectivity index (χ2v) is 5.97. The Hall–Kier alpha value is -1.10. The highest BCUT2D eigenvalue weighted by Crippen LogP contribution is 2.31. The molecule has 2 aliphatic rings. The van der Waals surface area contributed by atoms with E-state index in [9.17, 15) is 9.59 Å². The highest BCUT2D eigenvalue weighted by atomic mass is 16.2. The van der Waals surface area contributed by atoms with Gasteiger partial charge in [0.05, 0.1) is 5.41 Å². The fraction of sp³-hybridized carbons (Fsp3) is 0.857. The molecule has 5 heteroatoms. The Labute approximate surface area is 115 Å². The highest BCUT2D eigenvalue weighted by Gasteiger charge is 2.42. The highest BCUT2D eigenvalue weighted by molar-refractivity contribution is 5.90. The van der Waals surface area contributed by atoms with E-state index in [1.807, 2.05) is 11.8 Å². The number of likely N-dealkylation sites (N-methyl/N-ethyl adjacent to an activating group) is 1. The SMILES string of the molecule is CNC(=O)C1CCCCN1C(=O)C1(C)CCCNC1.